The zero-order chi connectivity index (χ0) is 13.4. The standard InChI is InChI=1S/C15H24N2O/c1-3-4-5-9-15(18)17(2)12-14-8-6-7-13(10-14)11-16/h6-8,10H,3-5,9,11-12,16H2,1-2H3. The lowest BCUT2D eigenvalue weighted by Crippen LogP contribution is -2.25. The van der Waals surface area contributed by atoms with Crippen molar-refractivity contribution in [1.82, 2.24) is 4.90 Å². The zero-order valence-corrected chi connectivity index (χ0v) is 11.5. The number of carbonyl (C=O) groups is 1. The largest absolute Gasteiger partial charge is 0.341 e. The second-order valence-electron chi connectivity index (χ2n) is 4.73. The number of hydrogen-bond acceptors (Lipinski definition) is 2. The monoisotopic (exact) mass is 248 g/mol. The average Bonchev–Trinajstić information content (AvgIpc) is 2.39. The molecule has 0 radical (unpaired) electrons. The molecule has 0 aliphatic rings. The van der Waals surface area contributed by atoms with Gasteiger partial charge in [0, 0.05) is 26.6 Å². The van der Waals surface area contributed by atoms with E-state index in [1.807, 2.05) is 25.2 Å². The topological polar surface area (TPSA) is 46.3 Å². The Morgan fingerprint density at radius 1 is 1.28 bits per heavy atom. The minimum Gasteiger partial charge on any atom is -0.341 e. The normalized spacial score (nSPS) is 10.4. The van der Waals surface area contributed by atoms with Gasteiger partial charge in [0.15, 0.2) is 0 Å². The van der Waals surface area contributed by atoms with Crippen LogP contribution in [0.5, 0.6) is 0 Å². The van der Waals surface area contributed by atoms with E-state index in [1.165, 1.54) is 0 Å². The lowest BCUT2D eigenvalue weighted by Gasteiger charge is -2.17. The molecule has 0 aromatic heterocycles. The van der Waals surface area contributed by atoms with Gasteiger partial charge in [0.25, 0.3) is 0 Å². The molecule has 1 amide bonds. The first kappa shape index (κ1) is 14.7. The Morgan fingerprint density at radius 3 is 2.67 bits per heavy atom. The van der Waals surface area contributed by atoms with Gasteiger partial charge in [0.2, 0.25) is 5.91 Å². The van der Waals surface area contributed by atoms with Gasteiger partial charge in [-0.2, -0.15) is 0 Å². The van der Waals surface area contributed by atoms with Crippen molar-refractivity contribution in [1.29, 1.82) is 0 Å². The first-order valence-corrected chi connectivity index (χ1v) is 6.69. The molecular formula is C15H24N2O. The maximum Gasteiger partial charge on any atom is 0.222 e. The van der Waals surface area contributed by atoms with Gasteiger partial charge in [-0.05, 0) is 17.5 Å². The van der Waals surface area contributed by atoms with Crippen molar-refractivity contribution in [2.75, 3.05) is 7.05 Å². The number of nitrogens with zero attached hydrogens (tertiary/aromatic N) is 1. The first-order chi connectivity index (χ1) is 8.67. The Balaban J connectivity index is 2.47. The molecule has 0 saturated carbocycles. The summed E-state index contributed by atoms with van der Waals surface area (Å²) in [6.07, 6.45) is 3.92. The van der Waals surface area contributed by atoms with Crippen LogP contribution in [0.1, 0.15) is 43.7 Å². The number of benzene rings is 1. The molecule has 18 heavy (non-hydrogen) atoms. The number of rotatable bonds is 7. The molecule has 1 rings (SSSR count). The molecule has 3 nitrogen and oxygen atoms in total. The highest BCUT2D eigenvalue weighted by Gasteiger charge is 2.08. The van der Waals surface area contributed by atoms with Crippen LogP contribution in [-0.2, 0) is 17.9 Å². The molecule has 3 heteroatoms. The molecule has 0 atom stereocenters. The summed E-state index contributed by atoms with van der Waals surface area (Å²) in [5, 5.41) is 0. The van der Waals surface area contributed by atoms with E-state index < -0.39 is 0 Å². The summed E-state index contributed by atoms with van der Waals surface area (Å²) in [5.41, 5.74) is 7.86. The van der Waals surface area contributed by atoms with Crippen molar-refractivity contribution >= 4 is 5.91 Å². The van der Waals surface area contributed by atoms with E-state index in [4.69, 9.17) is 5.73 Å². The fourth-order valence-corrected chi connectivity index (χ4v) is 1.93. The van der Waals surface area contributed by atoms with Gasteiger partial charge in [0.1, 0.15) is 0 Å². The molecule has 0 spiro atoms. The van der Waals surface area contributed by atoms with Crippen molar-refractivity contribution in [2.24, 2.45) is 5.73 Å². The Morgan fingerprint density at radius 2 is 2.00 bits per heavy atom. The third-order valence-corrected chi connectivity index (χ3v) is 3.07. The van der Waals surface area contributed by atoms with Crippen molar-refractivity contribution in [3.8, 4) is 0 Å². The van der Waals surface area contributed by atoms with Gasteiger partial charge in [0.05, 0.1) is 0 Å². The van der Waals surface area contributed by atoms with Crippen molar-refractivity contribution < 1.29 is 4.79 Å². The van der Waals surface area contributed by atoms with Crippen molar-refractivity contribution in [2.45, 2.75) is 45.7 Å². The van der Waals surface area contributed by atoms with Crippen LogP contribution >= 0.6 is 0 Å². The molecule has 100 valence electrons. The van der Waals surface area contributed by atoms with E-state index in [1.54, 1.807) is 4.90 Å². The van der Waals surface area contributed by atoms with Crippen LogP contribution in [-0.4, -0.2) is 17.9 Å². The molecule has 0 fully saturated rings. The van der Waals surface area contributed by atoms with Gasteiger partial charge in [-0.1, -0.05) is 44.0 Å². The Kier molecular flexibility index (Phi) is 6.44. The zero-order valence-electron chi connectivity index (χ0n) is 11.5. The molecule has 0 aliphatic heterocycles. The maximum absolute atomic E-state index is 11.9. The highest BCUT2D eigenvalue weighted by atomic mass is 16.2. The number of unbranched alkanes of at least 4 members (excludes halogenated alkanes) is 2. The minimum atomic E-state index is 0.224. The van der Waals surface area contributed by atoms with Crippen LogP contribution in [0, 0.1) is 0 Å². The number of amides is 1. The number of carbonyl (C=O) groups excluding carboxylic acids is 1. The number of nitrogens with two attached hydrogens (primary N) is 1. The predicted octanol–water partition coefficient (Wildman–Crippen LogP) is 2.68. The van der Waals surface area contributed by atoms with Gasteiger partial charge < -0.3 is 10.6 Å². The van der Waals surface area contributed by atoms with E-state index in [9.17, 15) is 4.79 Å². The van der Waals surface area contributed by atoms with E-state index in [2.05, 4.69) is 13.0 Å². The van der Waals surface area contributed by atoms with E-state index >= 15 is 0 Å². The highest BCUT2D eigenvalue weighted by molar-refractivity contribution is 5.75. The summed E-state index contributed by atoms with van der Waals surface area (Å²) in [6.45, 7) is 3.35. The van der Waals surface area contributed by atoms with Gasteiger partial charge in [-0.3, -0.25) is 4.79 Å². The average molecular weight is 248 g/mol. The fraction of sp³-hybridized carbons (Fsp3) is 0.533. The molecular weight excluding hydrogens is 224 g/mol. The maximum atomic E-state index is 11.9. The lowest BCUT2D eigenvalue weighted by atomic mass is 10.1. The SMILES string of the molecule is CCCCCC(=O)N(C)Cc1cccc(CN)c1. The van der Waals surface area contributed by atoms with Crippen LogP contribution in [0.4, 0.5) is 0 Å². The third-order valence-electron chi connectivity index (χ3n) is 3.07. The molecule has 2 N–H and O–H groups in total. The van der Waals surface area contributed by atoms with Crippen molar-refractivity contribution in [3.05, 3.63) is 35.4 Å². The summed E-state index contributed by atoms with van der Waals surface area (Å²) in [7, 11) is 1.86. The summed E-state index contributed by atoms with van der Waals surface area (Å²) in [4.78, 5) is 13.7. The second kappa shape index (κ2) is 7.88. The lowest BCUT2D eigenvalue weighted by molar-refractivity contribution is -0.130. The van der Waals surface area contributed by atoms with Crippen LogP contribution < -0.4 is 5.73 Å². The Bertz CT molecular complexity index is 377. The highest BCUT2D eigenvalue weighted by Crippen LogP contribution is 2.09. The smallest absolute Gasteiger partial charge is 0.222 e. The molecule has 0 unspecified atom stereocenters. The van der Waals surface area contributed by atoms with Gasteiger partial charge >= 0.3 is 0 Å². The molecule has 0 saturated heterocycles. The summed E-state index contributed by atoms with van der Waals surface area (Å²) in [6, 6.07) is 8.10. The van der Waals surface area contributed by atoms with Gasteiger partial charge in [-0.25, -0.2) is 0 Å². The summed E-state index contributed by atoms with van der Waals surface area (Å²) in [5.74, 6) is 0.224. The summed E-state index contributed by atoms with van der Waals surface area (Å²) >= 11 is 0. The van der Waals surface area contributed by atoms with Crippen molar-refractivity contribution in [3.63, 3.8) is 0 Å². The van der Waals surface area contributed by atoms with E-state index in [0.29, 0.717) is 19.5 Å². The minimum absolute atomic E-state index is 0.224. The Labute approximate surface area is 110 Å². The predicted molar refractivity (Wildman–Crippen MR) is 74.9 cm³/mol. The quantitative estimate of drug-likeness (QED) is 0.754. The van der Waals surface area contributed by atoms with E-state index in [-0.39, 0.29) is 5.91 Å². The van der Waals surface area contributed by atoms with Crippen LogP contribution in [0.25, 0.3) is 0 Å². The van der Waals surface area contributed by atoms with Crippen LogP contribution in [0.15, 0.2) is 24.3 Å². The van der Waals surface area contributed by atoms with Crippen LogP contribution in [0.3, 0.4) is 0 Å². The third kappa shape index (κ3) is 4.88. The van der Waals surface area contributed by atoms with E-state index in [0.717, 1.165) is 30.4 Å². The molecule has 0 bridgehead atoms. The first-order valence-electron chi connectivity index (χ1n) is 6.69. The van der Waals surface area contributed by atoms with Gasteiger partial charge in [-0.15, -0.1) is 0 Å². The summed E-state index contributed by atoms with van der Waals surface area (Å²) < 4.78 is 0. The fourth-order valence-electron chi connectivity index (χ4n) is 1.93. The molecule has 0 heterocycles. The molecule has 1 aromatic carbocycles. The molecule has 1 aromatic rings. The Hall–Kier alpha value is -1.35. The number of hydrogen-bond donors (Lipinski definition) is 1. The molecule has 0 aliphatic carbocycles. The second-order valence-corrected chi connectivity index (χ2v) is 4.73. The van der Waals surface area contributed by atoms with Crippen LogP contribution in [0.2, 0.25) is 0 Å².